The predicted octanol–water partition coefficient (Wildman–Crippen LogP) is 1.71. The summed E-state index contributed by atoms with van der Waals surface area (Å²) in [6.45, 7) is 2.16. The summed E-state index contributed by atoms with van der Waals surface area (Å²) in [4.78, 5) is 37.2. The van der Waals surface area contributed by atoms with E-state index >= 15 is 0 Å². The van der Waals surface area contributed by atoms with Crippen LogP contribution in [0.4, 0.5) is 0 Å². The molecule has 3 N–H and O–H groups in total. The summed E-state index contributed by atoms with van der Waals surface area (Å²) in [6, 6.07) is 8.83. The highest BCUT2D eigenvalue weighted by Crippen LogP contribution is 2.53. The first-order valence-electron chi connectivity index (χ1n) is 8.57. The first-order chi connectivity index (χ1) is 13.0. The highest BCUT2D eigenvalue weighted by molar-refractivity contribution is 8.22. The molecule has 2 heterocycles. The minimum atomic E-state index is -1.15. The molecule has 2 amide bonds. The number of hydrogen-bond donors (Lipinski definition) is 3. The molecule has 1 aromatic carbocycles. The fourth-order valence-corrected chi connectivity index (χ4v) is 5.82. The second-order valence-electron chi connectivity index (χ2n) is 6.13. The molecule has 3 atom stereocenters. The van der Waals surface area contributed by atoms with Gasteiger partial charge in [-0.05, 0) is 18.6 Å². The highest BCUT2D eigenvalue weighted by Gasteiger charge is 2.58. The maximum Gasteiger partial charge on any atom is 0.354 e. The van der Waals surface area contributed by atoms with E-state index in [1.54, 1.807) is 31.2 Å². The van der Waals surface area contributed by atoms with E-state index in [1.807, 2.05) is 6.07 Å². The number of aliphatic carboxylic acids is 1. The van der Waals surface area contributed by atoms with Crippen LogP contribution in [0.1, 0.15) is 23.7 Å². The van der Waals surface area contributed by atoms with Gasteiger partial charge in [0.25, 0.3) is 5.91 Å². The average molecular weight is 409 g/mol. The summed E-state index contributed by atoms with van der Waals surface area (Å²) in [6.07, 6.45) is -0.326. The molecule has 27 heavy (non-hydrogen) atoms. The standard InChI is InChI=1S/C18H20N2O5S2/c1-2-11(21)12-15(23)20-13(17(24)25)18(27-16(12)20)26-9-8-19-14(22)10-6-4-3-5-7-10/h3-7,11-12,16,21H,2,8-9H2,1H3,(H,19,22)(H,24,25). The van der Waals surface area contributed by atoms with Crippen molar-refractivity contribution in [3.8, 4) is 0 Å². The van der Waals surface area contributed by atoms with E-state index < -0.39 is 18.0 Å². The molecule has 1 saturated heterocycles. The number of carbonyl (C=O) groups is 3. The van der Waals surface area contributed by atoms with Crippen molar-refractivity contribution in [3.05, 3.63) is 45.8 Å². The molecule has 144 valence electrons. The van der Waals surface area contributed by atoms with Crippen molar-refractivity contribution in [2.75, 3.05) is 12.3 Å². The van der Waals surface area contributed by atoms with Crippen molar-refractivity contribution in [1.82, 2.24) is 10.2 Å². The number of hydrogen-bond acceptors (Lipinski definition) is 6. The Hall–Kier alpha value is -1.97. The number of nitrogens with zero attached hydrogens (tertiary/aromatic N) is 1. The van der Waals surface area contributed by atoms with Gasteiger partial charge in [-0.3, -0.25) is 14.5 Å². The second kappa shape index (κ2) is 8.37. The van der Waals surface area contributed by atoms with Gasteiger partial charge in [0.2, 0.25) is 5.91 Å². The van der Waals surface area contributed by atoms with Gasteiger partial charge in [-0.15, -0.1) is 11.8 Å². The number of amides is 2. The molecular formula is C18H20N2O5S2. The molecule has 0 radical (unpaired) electrons. The number of thioether (sulfide) groups is 2. The van der Waals surface area contributed by atoms with Crippen molar-refractivity contribution in [3.63, 3.8) is 0 Å². The molecule has 1 fully saturated rings. The van der Waals surface area contributed by atoms with Gasteiger partial charge in [-0.2, -0.15) is 0 Å². The minimum Gasteiger partial charge on any atom is -0.477 e. The number of carboxylic acid groups (broad SMARTS) is 1. The van der Waals surface area contributed by atoms with Gasteiger partial charge in [0.05, 0.1) is 16.3 Å². The van der Waals surface area contributed by atoms with Crippen LogP contribution in [0.15, 0.2) is 40.3 Å². The van der Waals surface area contributed by atoms with Crippen LogP contribution in [0, 0.1) is 5.92 Å². The lowest BCUT2D eigenvalue weighted by atomic mass is 9.90. The van der Waals surface area contributed by atoms with Crippen molar-refractivity contribution in [1.29, 1.82) is 0 Å². The third-order valence-corrected chi connectivity index (χ3v) is 7.10. The number of carbonyl (C=O) groups excluding carboxylic acids is 2. The normalized spacial score (nSPS) is 22.3. The van der Waals surface area contributed by atoms with Gasteiger partial charge >= 0.3 is 5.97 Å². The van der Waals surface area contributed by atoms with Crippen molar-refractivity contribution < 1.29 is 24.6 Å². The van der Waals surface area contributed by atoms with Crippen LogP contribution in [-0.2, 0) is 9.59 Å². The molecule has 3 unspecified atom stereocenters. The van der Waals surface area contributed by atoms with Crippen LogP contribution in [0.25, 0.3) is 0 Å². The van der Waals surface area contributed by atoms with Gasteiger partial charge in [0.1, 0.15) is 5.37 Å². The topological polar surface area (TPSA) is 107 Å². The first kappa shape index (κ1) is 19.8. The van der Waals surface area contributed by atoms with E-state index in [0.29, 0.717) is 28.5 Å². The third-order valence-electron chi connectivity index (χ3n) is 4.44. The first-order valence-corrected chi connectivity index (χ1v) is 10.4. The summed E-state index contributed by atoms with van der Waals surface area (Å²) in [7, 11) is 0. The average Bonchev–Trinajstić information content (AvgIpc) is 3.00. The van der Waals surface area contributed by atoms with Gasteiger partial charge in [-0.1, -0.05) is 36.9 Å². The zero-order valence-electron chi connectivity index (χ0n) is 14.6. The van der Waals surface area contributed by atoms with Gasteiger partial charge < -0.3 is 15.5 Å². The Labute approximate surface area is 165 Å². The number of benzene rings is 1. The Bertz CT molecular complexity index is 783. The van der Waals surface area contributed by atoms with Crippen molar-refractivity contribution >= 4 is 41.3 Å². The molecule has 7 nitrogen and oxygen atoms in total. The van der Waals surface area contributed by atoms with Crippen LogP contribution in [0.2, 0.25) is 0 Å². The second-order valence-corrected chi connectivity index (χ2v) is 8.62. The number of aliphatic hydroxyl groups excluding tert-OH is 1. The summed E-state index contributed by atoms with van der Waals surface area (Å²) >= 11 is 2.60. The van der Waals surface area contributed by atoms with E-state index in [2.05, 4.69) is 5.32 Å². The third kappa shape index (κ3) is 3.85. The maximum atomic E-state index is 12.3. The van der Waals surface area contributed by atoms with Crippen molar-refractivity contribution in [2.24, 2.45) is 5.92 Å². The lowest BCUT2D eigenvalue weighted by Gasteiger charge is -2.44. The van der Waals surface area contributed by atoms with E-state index in [0.717, 1.165) is 0 Å². The zero-order valence-corrected chi connectivity index (χ0v) is 16.3. The maximum absolute atomic E-state index is 12.3. The summed E-state index contributed by atoms with van der Waals surface area (Å²) in [5.74, 6) is -1.77. The van der Waals surface area contributed by atoms with Gasteiger partial charge in [0, 0.05) is 17.9 Å². The van der Waals surface area contributed by atoms with Crippen LogP contribution in [-0.4, -0.2) is 56.7 Å². The van der Waals surface area contributed by atoms with Crippen molar-refractivity contribution in [2.45, 2.75) is 24.8 Å². The monoisotopic (exact) mass is 408 g/mol. The molecule has 0 aromatic heterocycles. The molecular weight excluding hydrogens is 388 g/mol. The molecule has 9 heteroatoms. The number of rotatable bonds is 8. The molecule has 2 aliphatic heterocycles. The van der Waals surface area contributed by atoms with E-state index in [-0.39, 0.29) is 22.9 Å². The molecule has 0 bridgehead atoms. The van der Waals surface area contributed by atoms with Crippen LogP contribution < -0.4 is 5.32 Å². The summed E-state index contributed by atoms with van der Waals surface area (Å²) in [5.41, 5.74) is 0.545. The van der Waals surface area contributed by atoms with E-state index in [1.165, 1.54) is 28.4 Å². The molecule has 2 aliphatic rings. The minimum absolute atomic E-state index is 0.0195. The number of nitrogens with one attached hydrogen (secondary N) is 1. The smallest absolute Gasteiger partial charge is 0.354 e. The Morgan fingerprint density at radius 1 is 1.33 bits per heavy atom. The SMILES string of the molecule is CCC(O)C1C(=O)N2C(C(=O)O)=C(SCCNC(=O)c3ccccc3)SC12. The molecule has 0 saturated carbocycles. The van der Waals surface area contributed by atoms with Crippen LogP contribution >= 0.6 is 23.5 Å². The number of fused-ring (bicyclic) bond motifs is 1. The molecule has 0 aliphatic carbocycles. The quantitative estimate of drug-likeness (QED) is 0.444. The molecule has 1 aromatic rings. The summed E-state index contributed by atoms with van der Waals surface area (Å²) in [5, 5.41) is 21.9. The largest absolute Gasteiger partial charge is 0.477 e. The lowest BCUT2D eigenvalue weighted by molar-refractivity contribution is -0.157. The molecule has 0 spiro atoms. The highest BCUT2D eigenvalue weighted by atomic mass is 32.2. The van der Waals surface area contributed by atoms with Gasteiger partial charge in [0.15, 0.2) is 5.70 Å². The van der Waals surface area contributed by atoms with Crippen LogP contribution in [0.3, 0.4) is 0 Å². The van der Waals surface area contributed by atoms with Gasteiger partial charge in [-0.25, -0.2) is 4.79 Å². The fraction of sp³-hybridized carbons (Fsp3) is 0.389. The van der Waals surface area contributed by atoms with E-state index in [9.17, 15) is 24.6 Å². The predicted molar refractivity (Wildman–Crippen MR) is 104 cm³/mol. The molecule has 3 rings (SSSR count). The zero-order chi connectivity index (χ0) is 19.6. The Kier molecular flexibility index (Phi) is 6.13. The Balaban J connectivity index is 1.57. The number of β-lactam (4-membered cyclic amide) rings is 1. The Morgan fingerprint density at radius 2 is 2.04 bits per heavy atom. The lowest BCUT2D eigenvalue weighted by Crippen LogP contribution is -2.61. The number of aliphatic hydroxyl groups is 1. The fourth-order valence-electron chi connectivity index (χ4n) is 3.01. The Morgan fingerprint density at radius 3 is 2.67 bits per heavy atom. The van der Waals surface area contributed by atoms with E-state index in [4.69, 9.17) is 0 Å². The number of carboxylic acids is 1. The van der Waals surface area contributed by atoms with Crippen LogP contribution in [0.5, 0.6) is 0 Å². The summed E-state index contributed by atoms with van der Waals surface area (Å²) < 4.78 is 0.542.